The van der Waals surface area contributed by atoms with Gasteiger partial charge in [0.25, 0.3) is 0 Å². The van der Waals surface area contributed by atoms with Crippen molar-refractivity contribution in [3.05, 3.63) is 42.0 Å². The Kier molecular flexibility index (Phi) is 5.47. The number of nitrogens with zero attached hydrogens (tertiary/aromatic N) is 4. The molecule has 0 aliphatic rings. The molecular formula is C16H24N4O. The first-order valence-electron chi connectivity index (χ1n) is 7.30. The Morgan fingerprint density at radius 2 is 1.95 bits per heavy atom. The van der Waals surface area contributed by atoms with Crippen LogP contribution in [0.25, 0.3) is 5.69 Å². The zero-order valence-corrected chi connectivity index (χ0v) is 13.3. The number of para-hydroxylation sites is 1. The SMILES string of the molecule is COCCN(C)Cc1nc(C(C)C)nn1-c1ccccc1. The summed E-state index contributed by atoms with van der Waals surface area (Å²) >= 11 is 0. The van der Waals surface area contributed by atoms with Crippen LogP contribution in [0.1, 0.15) is 31.4 Å². The van der Waals surface area contributed by atoms with Gasteiger partial charge >= 0.3 is 0 Å². The van der Waals surface area contributed by atoms with E-state index in [4.69, 9.17) is 9.72 Å². The summed E-state index contributed by atoms with van der Waals surface area (Å²) in [6, 6.07) is 10.2. The topological polar surface area (TPSA) is 43.2 Å². The minimum absolute atomic E-state index is 0.318. The molecule has 0 bridgehead atoms. The lowest BCUT2D eigenvalue weighted by Crippen LogP contribution is -2.24. The number of hydrogen-bond donors (Lipinski definition) is 0. The van der Waals surface area contributed by atoms with Crippen molar-refractivity contribution in [3.8, 4) is 5.69 Å². The van der Waals surface area contributed by atoms with E-state index in [1.807, 2.05) is 22.9 Å². The molecule has 0 N–H and O–H groups in total. The van der Waals surface area contributed by atoms with E-state index >= 15 is 0 Å². The molecule has 5 heteroatoms. The van der Waals surface area contributed by atoms with Crippen molar-refractivity contribution in [2.45, 2.75) is 26.3 Å². The molecule has 0 spiro atoms. The van der Waals surface area contributed by atoms with Gasteiger partial charge in [-0.1, -0.05) is 32.0 Å². The Hall–Kier alpha value is -1.72. The summed E-state index contributed by atoms with van der Waals surface area (Å²) in [6.07, 6.45) is 0. The smallest absolute Gasteiger partial charge is 0.153 e. The summed E-state index contributed by atoms with van der Waals surface area (Å²) in [5.41, 5.74) is 1.05. The van der Waals surface area contributed by atoms with Crippen molar-refractivity contribution in [3.63, 3.8) is 0 Å². The first-order valence-corrected chi connectivity index (χ1v) is 7.30. The van der Waals surface area contributed by atoms with Gasteiger partial charge in [0.15, 0.2) is 5.82 Å². The Morgan fingerprint density at radius 3 is 2.57 bits per heavy atom. The highest BCUT2D eigenvalue weighted by Gasteiger charge is 2.15. The highest BCUT2D eigenvalue weighted by Crippen LogP contribution is 2.15. The second-order valence-corrected chi connectivity index (χ2v) is 5.52. The van der Waals surface area contributed by atoms with Crippen LogP contribution in [0.5, 0.6) is 0 Å². The molecule has 0 amide bonds. The molecule has 0 radical (unpaired) electrons. The maximum Gasteiger partial charge on any atom is 0.153 e. The molecule has 1 heterocycles. The molecule has 0 unspecified atom stereocenters. The van der Waals surface area contributed by atoms with Crippen molar-refractivity contribution < 1.29 is 4.74 Å². The largest absolute Gasteiger partial charge is 0.383 e. The molecule has 114 valence electrons. The fourth-order valence-electron chi connectivity index (χ4n) is 2.05. The second-order valence-electron chi connectivity index (χ2n) is 5.52. The van der Waals surface area contributed by atoms with Crippen LogP contribution >= 0.6 is 0 Å². The maximum absolute atomic E-state index is 5.12. The Bertz CT molecular complexity index is 551. The van der Waals surface area contributed by atoms with Crippen LogP contribution in [-0.4, -0.2) is 47.0 Å². The van der Waals surface area contributed by atoms with Gasteiger partial charge in [0.05, 0.1) is 18.8 Å². The van der Waals surface area contributed by atoms with E-state index in [1.54, 1.807) is 7.11 Å². The van der Waals surface area contributed by atoms with E-state index < -0.39 is 0 Å². The maximum atomic E-state index is 5.12. The molecule has 1 aromatic heterocycles. The summed E-state index contributed by atoms with van der Waals surface area (Å²) in [7, 11) is 3.79. The lowest BCUT2D eigenvalue weighted by Gasteiger charge is -2.15. The molecule has 0 saturated carbocycles. The zero-order valence-electron chi connectivity index (χ0n) is 13.3. The van der Waals surface area contributed by atoms with Gasteiger partial charge in [-0.15, -0.1) is 0 Å². The van der Waals surface area contributed by atoms with Crippen LogP contribution in [0.15, 0.2) is 30.3 Å². The molecule has 2 rings (SSSR count). The first kappa shape index (κ1) is 15.7. The standard InChI is InChI=1S/C16H24N4O/c1-13(2)16-17-15(12-19(3)10-11-21-4)20(18-16)14-8-6-5-7-9-14/h5-9,13H,10-12H2,1-4H3. The average Bonchev–Trinajstić information content (AvgIpc) is 2.90. The van der Waals surface area contributed by atoms with Gasteiger partial charge in [0.2, 0.25) is 0 Å². The summed E-state index contributed by atoms with van der Waals surface area (Å²) in [6.45, 7) is 6.56. The quantitative estimate of drug-likeness (QED) is 0.785. The molecule has 0 saturated heterocycles. The minimum atomic E-state index is 0.318. The lowest BCUT2D eigenvalue weighted by molar-refractivity contribution is 0.157. The van der Waals surface area contributed by atoms with Crippen molar-refractivity contribution in [1.82, 2.24) is 19.7 Å². The van der Waals surface area contributed by atoms with Crippen molar-refractivity contribution in [1.29, 1.82) is 0 Å². The first-order chi connectivity index (χ1) is 10.1. The van der Waals surface area contributed by atoms with Gasteiger partial charge in [-0.3, -0.25) is 4.90 Å². The second kappa shape index (κ2) is 7.33. The predicted octanol–water partition coefficient (Wildman–Crippen LogP) is 2.47. The fourth-order valence-corrected chi connectivity index (χ4v) is 2.05. The van der Waals surface area contributed by atoms with E-state index in [9.17, 15) is 0 Å². The van der Waals surface area contributed by atoms with Crippen LogP contribution in [-0.2, 0) is 11.3 Å². The third kappa shape index (κ3) is 4.12. The number of benzene rings is 1. The molecule has 1 aromatic carbocycles. The normalized spacial score (nSPS) is 11.5. The summed E-state index contributed by atoms with van der Waals surface area (Å²) in [5.74, 6) is 2.16. The molecule has 0 fully saturated rings. The van der Waals surface area contributed by atoms with Gasteiger partial charge in [-0.05, 0) is 19.2 Å². The summed E-state index contributed by atoms with van der Waals surface area (Å²) in [4.78, 5) is 6.90. The predicted molar refractivity (Wildman–Crippen MR) is 83.7 cm³/mol. The average molecular weight is 288 g/mol. The highest BCUT2D eigenvalue weighted by atomic mass is 16.5. The fraction of sp³-hybridized carbons (Fsp3) is 0.500. The summed E-state index contributed by atoms with van der Waals surface area (Å²) < 4.78 is 7.07. The van der Waals surface area contributed by atoms with Crippen LogP contribution < -0.4 is 0 Å². The third-order valence-electron chi connectivity index (χ3n) is 3.30. The van der Waals surface area contributed by atoms with Crippen molar-refractivity contribution in [2.75, 3.05) is 27.3 Å². The molecule has 5 nitrogen and oxygen atoms in total. The Morgan fingerprint density at radius 1 is 1.24 bits per heavy atom. The van der Waals surface area contributed by atoms with Gasteiger partial charge in [-0.2, -0.15) is 5.10 Å². The van der Waals surface area contributed by atoms with Crippen LogP contribution in [0.4, 0.5) is 0 Å². The summed E-state index contributed by atoms with van der Waals surface area (Å²) in [5, 5.41) is 4.66. The molecule has 0 aliphatic carbocycles. The van der Waals surface area contributed by atoms with E-state index in [0.29, 0.717) is 12.5 Å². The number of aromatic nitrogens is 3. The molecule has 21 heavy (non-hydrogen) atoms. The van der Waals surface area contributed by atoms with E-state index in [1.165, 1.54) is 0 Å². The van der Waals surface area contributed by atoms with Crippen molar-refractivity contribution in [2.24, 2.45) is 0 Å². The Labute approximate surface area is 126 Å². The number of methoxy groups -OCH3 is 1. The molecular weight excluding hydrogens is 264 g/mol. The van der Waals surface area contributed by atoms with Crippen LogP contribution in [0.3, 0.4) is 0 Å². The van der Waals surface area contributed by atoms with Gasteiger partial charge < -0.3 is 4.74 Å². The van der Waals surface area contributed by atoms with Gasteiger partial charge in [0, 0.05) is 19.6 Å². The van der Waals surface area contributed by atoms with Gasteiger partial charge in [0.1, 0.15) is 5.82 Å². The monoisotopic (exact) mass is 288 g/mol. The number of hydrogen-bond acceptors (Lipinski definition) is 4. The lowest BCUT2D eigenvalue weighted by atomic mass is 10.2. The number of rotatable bonds is 7. The van der Waals surface area contributed by atoms with E-state index in [-0.39, 0.29) is 0 Å². The van der Waals surface area contributed by atoms with Crippen molar-refractivity contribution >= 4 is 0 Å². The Balaban J connectivity index is 2.26. The van der Waals surface area contributed by atoms with Crippen LogP contribution in [0, 0.1) is 0 Å². The highest BCUT2D eigenvalue weighted by molar-refractivity contribution is 5.31. The van der Waals surface area contributed by atoms with Crippen LogP contribution in [0.2, 0.25) is 0 Å². The molecule has 0 aliphatic heterocycles. The molecule has 0 atom stereocenters. The third-order valence-corrected chi connectivity index (χ3v) is 3.30. The molecule has 2 aromatic rings. The number of ether oxygens (including phenoxy) is 1. The van der Waals surface area contributed by atoms with E-state index in [2.05, 4.69) is 43.0 Å². The van der Waals surface area contributed by atoms with E-state index in [0.717, 1.165) is 30.4 Å². The zero-order chi connectivity index (χ0) is 15.2. The minimum Gasteiger partial charge on any atom is -0.383 e. The number of likely N-dealkylation sites (N-methyl/N-ethyl adjacent to an activating group) is 1. The van der Waals surface area contributed by atoms with Gasteiger partial charge in [-0.25, -0.2) is 9.67 Å².